The molecule has 2 aliphatic rings. The molecule has 0 saturated carbocycles. The van der Waals surface area contributed by atoms with Crippen LogP contribution in [0.25, 0.3) is 0 Å². The third-order valence-corrected chi connectivity index (χ3v) is 4.72. The van der Waals surface area contributed by atoms with Gasteiger partial charge < -0.3 is 10.2 Å². The molecule has 1 unspecified atom stereocenters. The fourth-order valence-corrected chi connectivity index (χ4v) is 3.24. The molecule has 2 fully saturated rings. The van der Waals surface area contributed by atoms with Crippen LogP contribution in [0.5, 0.6) is 0 Å². The Bertz CT molecular complexity index is 588. The number of piperazine rings is 1. The second-order valence-electron chi connectivity index (χ2n) is 6.59. The van der Waals surface area contributed by atoms with Gasteiger partial charge in [-0.15, -0.1) is 0 Å². The van der Waals surface area contributed by atoms with Crippen LogP contribution in [0.1, 0.15) is 6.42 Å². The van der Waals surface area contributed by atoms with Crippen LogP contribution in [-0.2, 0) is 4.79 Å². The number of carbonyl (C=O) groups excluding carboxylic acids is 1. The summed E-state index contributed by atoms with van der Waals surface area (Å²) >= 11 is 0. The van der Waals surface area contributed by atoms with E-state index in [0.29, 0.717) is 13.1 Å². The molecule has 2 N–H and O–H groups in total. The Balaban J connectivity index is 1.35. The van der Waals surface area contributed by atoms with Gasteiger partial charge in [0.1, 0.15) is 5.82 Å². The van der Waals surface area contributed by atoms with Gasteiger partial charge in [0.15, 0.2) is 0 Å². The molecule has 3 rings (SSSR count). The number of hydrogen-bond donors (Lipinski definition) is 2. The third-order valence-electron chi connectivity index (χ3n) is 4.72. The van der Waals surface area contributed by atoms with Crippen molar-refractivity contribution >= 4 is 11.6 Å². The summed E-state index contributed by atoms with van der Waals surface area (Å²) in [6.45, 7) is 4.04. The Morgan fingerprint density at radius 2 is 1.88 bits per heavy atom. The average Bonchev–Trinajstić information content (AvgIpc) is 2.96. The highest BCUT2D eigenvalue weighted by Gasteiger charge is 2.42. The number of amides is 1. The molecule has 1 aromatic carbocycles. The van der Waals surface area contributed by atoms with Crippen LogP contribution in [0.15, 0.2) is 24.3 Å². The minimum Gasteiger partial charge on any atom is -0.369 e. The molecule has 2 aliphatic heterocycles. The predicted octanol–water partition coefficient (Wildman–Crippen LogP) is 1.06. The predicted molar refractivity (Wildman–Crippen MR) is 89.4 cm³/mol. The number of hydrogen-bond acceptors (Lipinski definition) is 4. The van der Waals surface area contributed by atoms with Gasteiger partial charge in [-0.1, -0.05) is 0 Å². The monoisotopic (exact) mass is 356 g/mol. The Morgan fingerprint density at radius 1 is 1.20 bits per heavy atom. The molecular weight excluding hydrogens is 333 g/mol. The van der Waals surface area contributed by atoms with E-state index in [-0.39, 0.29) is 11.7 Å². The van der Waals surface area contributed by atoms with E-state index in [1.165, 1.54) is 12.1 Å². The first-order valence-electron chi connectivity index (χ1n) is 8.55. The SMILES string of the molecule is O=C(NCCN1CCN(c2ccc(F)cc2)CC1)C1CC(F)(F)CN1. The molecule has 138 valence electrons. The molecule has 0 bridgehead atoms. The normalized spacial score (nSPS) is 23.6. The molecule has 2 saturated heterocycles. The maximum Gasteiger partial charge on any atom is 0.262 e. The quantitative estimate of drug-likeness (QED) is 0.828. The topological polar surface area (TPSA) is 47.6 Å². The molecule has 8 heteroatoms. The fourth-order valence-electron chi connectivity index (χ4n) is 3.24. The first kappa shape index (κ1) is 18.0. The smallest absolute Gasteiger partial charge is 0.262 e. The van der Waals surface area contributed by atoms with Crippen LogP contribution in [0.3, 0.4) is 0 Å². The lowest BCUT2D eigenvalue weighted by molar-refractivity contribution is -0.123. The lowest BCUT2D eigenvalue weighted by atomic mass is 10.2. The number of anilines is 1. The summed E-state index contributed by atoms with van der Waals surface area (Å²) < 4.78 is 39.1. The molecular formula is C17H23F3N4O. The highest BCUT2D eigenvalue weighted by molar-refractivity contribution is 5.82. The van der Waals surface area contributed by atoms with Crippen molar-refractivity contribution in [2.75, 3.05) is 50.7 Å². The van der Waals surface area contributed by atoms with Crippen molar-refractivity contribution in [2.45, 2.75) is 18.4 Å². The standard InChI is InChI=1S/C17H23F3N4O/c18-13-1-3-14(4-2-13)24-9-7-23(8-10-24)6-5-21-16(25)15-11-17(19,20)12-22-15/h1-4,15,22H,5-12H2,(H,21,25). The highest BCUT2D eigenvalue weighted by Crippen LogP contribution is 2.25. The number of alkyl halides is 2. The van der Waals surface area contributed by atoms with Crippen molar-refractivity contribution in [1.82, 2.24) is 15.5 Å². The maximum absolute atomic E-state index is 13.1. The van der Waals surface area contributed by atoms with Crippen molar-refractivity contribution in [3.63, 3.8) is 0 Å². The molecule has 1 atom stereocenters. The van der Waals surface area contributed by atoms with Gasteiger partial charge in [0.25, 0.3) is 5.92 Å². The van der Waals surface area contributed by atoms with Crippen molar-refractivity contribution in [1.29, 1.82) is 0 Å². The molecule has 0 aliphatic carbocycles. The van der Waals surface area contributed by atoms with Gasteiger partial charge in [0.05, 0.1) is 12.6 Å². The molecule has 25 heavy (non-hydrogen) atoms. The van der Waals surface area contributed by atoms with Crippen LogP contribution in [0, 0.1) is 5.82 Å². The molecule has 0 aromatic heterocycles. The van der Waals surface area contributed by atoms with Crippen molar-refractivity contribution in [3.05, 3.63) is 30.1 Å². The van der Waals surface area contributed by atoms with Gasteiger partial charge in [0, 0.05) is 51.4 Å². The Hall–Kier alpha value is -1.80. The lowest BCUT2D eigenvalue weighted by Gasteiger charge is -2.36. The number of nitrogens with zero attached hydrogens (tertiary/aromatic N) is 2. The Morgan fingerprint density at radius 3 is 2.48 bits per heavy atom. The van der Waals surface area contributed by atoms with E-state index in [2.05, 4.69) is 20.4 Å². The summed E-state index contributed by atoms with van der Waals surface area (Å²) in [5.41, 5.74) is 1.00. The van der Waals surface area contributed by atoms with E-state index in [1.807, 2.05) is 0 Å². The van der Waals surface area contributed by atoms with Crippen molar-refractivity contribution < 1.29 is 18.0 Å². The van der Waals surface area contributed by atoms with Crippen LogP contribution >= 0.6 is 0 Å². The van der Waals surface area contributed by atoms with Crippen molar-refractivity contribution in [2.24, 2.45) is 0 Å². The number of halogens is 3. The van der Waals surface area contributed by atoms with E-state index in [1.54, 1.807) is 12.1 Å². The van der Waals surface area contributed by atoms with E-state index < -0.39 is 24.9 Å². The van der Waals surface area contributed by atoms with Crippen LogP contribution in [-0.4, -0.2) is 68.6 Å². The first-order valence-corrected chi connectivity index (χ1v) is 8.55. The zero-order chi connectivity index (χ0) is 17.9. The zero-order valence-electron chi connectivity index (χ0n) is 14.0. The molecule has 2 heterocycles. The second-order valence-corrected chi connectivity index (χ2v) is 6.59. The summed E-state index contributed by atoms with van der Waals surface area (Å²) in [5, 5.41) is 5.28. The molecule has 0 spiro atoms. The minimum absolute atomic E-state index is 0.243. The summed E-state index contributed by atoms with van der Waals surface area (Å²) in [4.78, 5) is 16.3. The summed E-state index contributed by atoms with van der Waals surface area (Å²) in [6, 6.07) is 5.66. The zero-order valence-corrected chi connectivity index (χ0v) is 14.0. The minimum atomic E-state index is -2.79. The number of benzene rings is 1. The Kier molecular flexibility index (Phi) is 5.48. The molecule has 1 aromatic rings. The number of carbonyl (C=O) groups is 1. The Labute approximate surface area is 145 Å². The van der Waals surface area contributed by atoms with Crippen LogP contribution in [0.4, 0.5) is 18.9 Å². The average molecular weight is 356 g/mol. The second kappa shape index (κ2) is 7.61. The largest absolute Gasteiger partial charge is 0.369 e. The molecule has 0 radical (unpaired) electrons. The van der Waals surface area contributed by atoms with Crippen molar-refractivity contribution in [3.8, 4) is 0 Å². The molecule has 1 amide bonds. The van der Waals surface area contributed by atoms with E-state index in [9.17, 15) is 18.0 Å². The van der Waals surface area contributed by atoms with Gasteiger partial charge in [0.2, 0.25) is 5.91 Å². The van der Waals surface area contributed by atoms with E-state index in [4.69, 9.17) is 0 Å². The summed E-state index contributed by atoms with van der Waals surface area (Å²) in [5.74, 6) is -3.40. The van der Waals surface area contributed by atoms with E-state index in [0.717, 1.165) is 31.9 Å². The lowest BCUT2D eigenvalue weighted by Crippen LogP contribution is -2.49. The van der Waals surface area contributed by atoms with Gasteiger partial charge in [-0.2, -0.15) is 0 Å². The summed E-state index contributed by atoms with van der Waals surface area (Å²) in [6.07, 6.45) is -0.435. The maximum atomic E-state index is 13.1. The summed E-state index contributed by atoms with van der Waals surface area (Å²) in [7, 11) is 0. The number of nitrogens with one attached hydrogen (secondary N) is 2. The third kappa shape index (κ3) is 4.85. The van der Waals surface area contributed by atoms with Gasteiger partial charge >= 0.3 is 0 Å². The van der Waals surface area contributed by atoms with Crippen LogP contribution in [0.2, 0.25) is 0 Å². The van der Waals surface area contributed by atoms with Gasteiger partial charge in [-0.3, -0.25) is 15.0 Å². The number of rotatable bonds is 5. The van der Waals surface area contributed by atoms with Crippen LogP contribution < -0.4 is 15.5 Å². The first-order chi connectivity index (χ1) is 11.9. The fraction of sp³-hybridized carbons (Fsp3) is 0.588. The molecule has 5 nitrogen and oxygen atoms in total. The van der Waals surface area contributed by atoms with Gasteiger partial charge in [-0.25, -0.2) is 13.2 Å². The highest BCUT2D eigenvalue weighted by atomic mass is 19.3. The van der Waals surface area contributed by atoms with Gasteiger partial charge in [-0.05, 0) is 24.3 Å². The van der Waals surface area contributed by atoms with E-state index >= 15 is 0 Å².